The Morgan fingerprint density at radius 2 is 2.00 bits per heavy atom. The fraction of sp³-hybridized carbons (Fsp3) is 0.125. The SMILES string of the molecule is CSc1ccc(NC(=S)S)cc1. The van der Waals surface area contributed by atoms with Crippen LogP contribution >= 0.6 is 36.6 Å². The highest BCUT2D eigenvalue weighted by Crippen LogP contribution is 2.17. The zero-order valence-electron chi connectivity index (χ0n) is 6.57. The van der Waals surface area contributed by atoms with Gasteiger partial charge in [0.15, 0.2) is 0 Å². The van der Waals surface area contributed by atoms with Crippen LogP contribution in [-0.4, -0.2) is 10.6 Å². The van der Waals surface area contributed by atoms with Crippen molar-refractivity contribution in [3.05, 3.63) is 24.3 Å². The number of thiocarbonyl (C=S) groups is 1. The molecule has 0 aromatic heterocycles. The van der Waals surface area contributed by atoms with E-state index in [4.69, 9.17) is 12.2 Å². The van der Waals surface area contributed by atoms with Crippen LogP contribution in [0.1, 0.15) is 0 Å². The molecule has 0 spiro atoms. The number of benzene rings is 1. The van der Waals surface area contributed by atoms with Gasteiger partial charge in [0.1, 0.15) is 4.32 Å². The number of nitrogens with one attached hydrogen (secondary N) is 1. The van der Waals surface area contributed by atoms with Crippen LogP contribution in [0.2, 0.25) is 0 Å². The van der Waals surface area contributed by atoms with Crippen LogP contribution in [0, 0.1) is 0 Å². The van der Waals surface area contributed by atoms with Gasteiger partial charge < -0.3 is 5.32 Å². The molecule has 0 heterocycles. The molecule has 4 heteroatoms. The van der Waals surface area contributed by atoms with Crippen molar-refractivity contribution in [1.29, 1.82) is 0 Å². The van der Waals surface area contributed by atoms with Crippen molar-refractivity contribution < 1.29 is 0 Å². The van der Waals surface area contributed by atoms with Gasteiger partial charge in [0, 0.05) is 10.6 Å². The zero-order chi connectivity index (χ0) is 8.97. The minimum Gasteiger partial charge on any atom is -0.341 e. The largest absolute Gasteiger partial charge is 0.341 e. The molecule has 1 aromatic carbocycles. The minimum absolute atomic E-state index is 0.493. The summed E-state index contributed by atoms with van der Waals surface area (Å²) in [6, 6.07) is 8.04. The molecule has 1 rings (SSSR count). The predicted octanol–water partition coefficient (Wildman–Crippen LogP) is 3.04. The van der Waals surface area contributed by atoms with Gasteiger partial charge >= 0.3 is 0 Å². The number of thiol groups is 1. The zero-order valence-corrected chi connectivity index (χ0v) is 9.10. The highest BCUT2D eigenvalue weighted by molar-refractivity contribution is 8.11. The first-order valence-corrected chi connectivity index (χ1v) is 5.44. The van der Waals surface area contributed by atoms with Crippen LogP contribution in [0.3, 0.4) is 0 Å². The van der Waals surface area contributed by atoms with Gasteiger partial charge in [-0.2, -0.15) is 0 Å². The molecule has 0 saturated heterocycles. The van der Waals surface area contributed by atoms with Crippen LogP contribution in [0.4, 0.5) is 5.69 Å². The standard InChI is InChI=1S/C8H9NS3/c1-12-7-4-2-6(3-5-7)9-8(10)11/h2-5H,1H3,(H2,9,10,11). The normalized spacial score (nSPS) is 9.50. The van der Waals surface area contributed by atoms with Gasteiger partial charge in [-0.25, -0.2) is 0 Å². The molecular weight excluding hydrogens is 206 g/mol. The molecule has 0 amide bonds. The number of hydrogen-bond acceptors (Lipinski definition) is 2. The summed E-state index contributed by atoms with van der Waals surface area (Å²) in [4.78, 5) is 1.24. The summed E-state index contributed by atoms with van der Waals surface area (Å²) >= 11 is 10.5. The Labute approximate surface area is 87.3 Å². The van der Waals surface area contributed by atoms with Gasteiger partial charge in [0.2, 0.25) is 0 Å². The summed E-state index contributed by atoms with van der Waals surface area (Å²) in [5.74, 6) is 0. The summed E-state index contributed by atoms with van der Waals surface area (Å²) in [5.41, 5.74) is 0.979. The molecule has 0 atom stereocenters. The molecule has 0 fully saturated rings. The van der Waals surface area contributed by atoms with E-state index in [0.717, 1.165) is 5.69 Å². The monoisotopic (exact) mass is 215 g/mol. The van der Waals surface area contributed by atoms with Crippen molar-refractivity contribution in [3.8, 4) is 0 Å². The summed E-state index contributed by atoms with van der Waals surface area (Å²) < 4.78 is 0.493. The summed E-state index contributed by atoms with van der Waals surface area (Å²) in [5, 5.41) is 2.94. The maximum absolute atomic E-state index is 4.79. The smallest absolute Gasteiger partial charge is 0.135 e. The number of anilines is 1. The van der Waals surface area contributed by atoms with E-state index in [-0.39, 0.29) is 0 Å². The molecule has 1 nitrogen and oxygen atoms in total. The van der Waals surface area contributed by atoms with E-state index in [9.17, 15) is 0 Å². The maximum atomic E-state index is 4.79. The quantitative estimate of drug-likeness (QED) is 0.447. The molecule has 0 unspecified atom stereocenters. The summed E-state index contributed by atoms with van der Waals surface area (Å²) in [7, 11) is 0. The molecule has 0 saturated carbocycles. The Kier molecular flexibility index (Phi) is 3.91. The minimum atomic E-state index is 0.493. The van der Waals surface area contributed by atoms with E-state index in [0.29, 0.717) is 4.32 Å². The molecule has 0 aliphatic rings. The van der Waals surface area contributed by atoms with Crippen molar-refractivity contribution in [1.82, 2.24) is 0 Å². The van der Waals surface area contributed by atoms with Gasteiger partial charge in [0.05, 0.1) is 0 Å². The fourth-order valence-corrected chi connectivity index (χ4v) is 1.45. The maximum Gasteiger partial charge on any atom is 0.135 e. The Morgan fingerprint density at radius 1 is 1.42 bits per heavy atom. The lowest BCUT2D eigenvalue weighted by atomic mass is 10.3. The van der Waals surface area contributed by atoms with Gasteiger partial charge in [-0.1, -0.05) is 12.2 Å². The Balaban J connectivity index is 2.71. The number of thioether (sulfide) groups is 1. The van der Waals surface area contributed by atoms with Gasteiger partial charge in [0.25, 0.3) is 0 Å². The van der Waals surface area contributed by atoms with Gasteiger partial charge in [-0.05, 0) is 30.5 Å². The van der Waals surface area contributed by atoms with E-state index < -0.39 is 0 Å². The second-order valence-electron chi connectivity index (χ2n) is 2.16. The predicted molar refractivity (Wildman–Crippen MR) is 63.4 cm³/mol. The second kappa shape index (κ2) is 4.74. The third-order valence-corrected chi connectivity index (χ3v) is 2.30. The van der Waals surface area contributed by atoms with Crippen molar-refractivity contribution in [2.45, 2.75) is 4.90 Å². The van der Waals surface area contributed by atoms with Crippen molar-refractivity contribution in [2.75, 3.05) is 11.6 Å². The third kappa shape index (κ3) is 3.05. The number of hydrogen-bond donors (Lipinski definition) is 2. The van der Waals surface area contributed by atoms with Crippen LogP contribution < -0.4 is 5.32 Å². The van der Waals surface area contributed by atoms with E-state index in [1.54, 1.807) is 11.8 Å². The van der Waals surface area contributed by atoms with Crippen LogP contribution in [0.15, 0.2) is 29.2 Å². The average molecular weight is 215 g/mol. The molecule has 0 bridgehead atoms. The molecule has 0 aliphatic heterocycles. The molecular formula is C8H9NS3. The van der Waals surface area contributed by atoms with Crippen LogP contribution in [0.5, 0.6) is 0 Å². The molecule has 1 aromatic rings. The molecule has 0 radical (unpaired) electrons. The van der Waals surface area contributed by atoms with Crippen molar-refractivity contribution in [2.24, 2.45) is 0 Å². The summed E-state index contributed by atoms with van der Waals surface area (Å²) in [6.45, 7) is 0. The lowest BCUT2D eigenvalue weighted by Gasteiger charge is -2.02. The highest BCUT2D eigenvalue weighted by atomic mass is 32.2. The Morgan fingerprint density at radius 3 is 2.42 bits per heavy atom. The molecule has 64 valence electrons. The first-order chi connectivity index (χ1) is 5.72. The van der Waals surface area contributed by atoms with E-state index in [1.165, 1.54) is 4.90 Å². The fourth-order valence-electron chi connectivity index (χ4n) is 0.798. The molecule has 1 N–H and O–H groups in total. The number of rotatable bonds is 2. The lowest BCUT2D eigenvalue weighted by molar-refractivity contribution is 1.46. The van der Waals surface area contributed by atoms with E-state index in [1.807, 2.05) is 30.5 Å². The molecule has 0 aliphatic carbocycles. The van der Waals surface area contributed by atoms with Gasteiger partial charge in [-0.3, -0.25) is 0 Å². The Bertz CT molecular complexity index is 268. The lowest BCUT2D eigenvalue weighted by Crippen LogP contribution is -1.99. The molecule has 12 heavy (non-hydrogen) atoms. The Hall–Kier alpha value is -0.190. The van der Waals surface area contributed by atoms with Crippen molar-refractivity contribution >= 4 is 46.6 Å². The second-order valence-corrected chi connectivity index (χ2v) is 4.20. The summed E-state index contributed by atoms with van der Waals surface area (Å²) in [6.07, 6.45) is 2.05. The van der Waals surface area contributed by atoms with Crippen LogP contribution in [0.25, 0.3) is 0 Å². The first-order valence-electron chi connectivity index (χ1n) is 3.36. The van der Waals surface area contributed by atoms with Crippen LogP contribution in [-0.2, 0) is 0 Å². The van der Waals surface area contributed by atoms with Crippen molar-refractivity contribution in [3.63, 3.8) is 0 Å². The van der Waals surface area contributed by atoms with E-state index >= 15 is 0 Å². The third-order valence-electron chi connectivity index (χ3n) is 1.34. The van der Waals surface area contributed by atoms with E-state index in [2.05, 4.69) is 17.9 Å². The first kappa shape index (κ1) is 9.89. The highest BCUT2D eigenvalue weighted by Gasteiger charge is 1.92. The van der Waals surface area contributed by atoms with Gasteiger partial charge in [-0.15, -0.1) is 24.4 Å². The average Bonchev–Trinajstić information content (AvgIpc) is 2.05. The topological polar surface area (TPSA) is 12.0 Å².